The predicted molar refractivity (Wildman–Crippen MR) is 122 cm³/mol. The van der Waals surface area contributed by atoms with E-state index >= 15 is 0 Å². The summed E-state index contributed by atoms with van der Waals surface area (Å²) in [5.41, 5.74) is 2.84. The minimum Gasteiger partial charge on any atom is -0.354 e. The fourth-order valence-corrected chi connectivity index (χ4v) is 2.83. The summed E-state index contributed by atoms with van der Waals surface area (Å²) < 4.78 is 1.85. The van der Waals surface area contributed by atoms with E-state index in [1.165, 1.54) is 5.56 Å². The lowest BCUT2D eigenvalue weighted by molar-refractivity contribution is 0.0954. The molecule has 0 spiro atoms. The van der Waals surface area contributed by atoms with Gasteiger partial charge in [-0.25, -0.2) is 0 Å². The highest BCUT2D eigenvalue weighted by molar-refractivity contribution is 14.0. The van der Waals surface area contributed by atoms with Crippen molar-refractivity contribution in [3.63, 3.8) is 0 Å². The Morgan fingerprint density at radius 3 is 2.64 bits per heavy atom. The molecular formula is C19H30IN7O. The molecule has 0 aliphatic carbocycles. The van der Waals surface area contributed by atoms with Crippen LogP contribution in [0.25, 0.3) is 0 Å². The van der Waals surface area contributed by atoms with Crippen LogP contribution in [0.2, 0.25) is 0 Å². The molecular weight excluding hydrogens is 469 g/mol. The lowest BCUT2D eigenvalue weighted by Gasteiger charge is -2.22. The number of carbonyl (C=O) groups excluding carboxylic acids is 1. The zero-order valence-electron chi connectivity index (χ0n) is 17.1. The molecule has 0 fully saturated rings. The van der Waals surface area contributed by atoms with E-state index in [9.17, 15) is 4.79 Å². The van der Waals surface area contributed by atoms with Gasteiger partial charge in [-0.05, 0) is 18.1 Å². The fraction of sp³-hybridized carbons (Fsp3) is 0.474. The van der Waals surface area contributed by atoms with Crippen LogP contribution in [0.1, 0.15) is 41.4 Å². The highest BCUT2D eigenvalue weighted by atomic mass is 127. The summed E-state index contributed by atoms with van der Waals surface area (Å²) in [6.45, 7) is 6.06. The van der Waals surface area contributed by atoms with Gasteiger partial charge in [-0.2, -0.15) is 5.10 Å². The van der Waals surface area contributed by atoms with Crippen molar-refractivity contribution in [1.82, 2.24) is 30.3 Å². The summed E-state index contributed by atoms with van der Waals surface area (Å²) in [6.07, 6.45) is 5.24. The van der Waals surface area contributed by atoms with Gasteiger partial charge in [0.25, 0.3) is 5.91 Å². The van der Waals surface area contributed by atoms with Gasteiger partial charge in [-0.1, -0.05) is 13.8 Å². The molecule has 0 radical (unpaired) electrons. The number of rotatable bonds is 7. The van der Waals surface area contributed by atoms with Crippen molar-refractivity contribution >= 4 is 35.8 Å². The van der Waals surface area contributed by atoms with Crippen LogP contribution in [0.3, 0.4) is 0 Å². The Hall–Kier alpha value is -2.17. The molecule has 0 bridgehead atoms. The second kappa shape index (κ2) is 11.6. The molecule has 0 unspecified atom stereocenters. The number of pyridine rings is 1. The van der Waals surface area contributed by atoms with Crippen LogP contribution in [0.5, 0.6) is 0 Å². The van der Waals surface area contributed by atoms with Gasteiger partial charge in [0.1, 0.15) is 0 Å². The van der Waals surface area contributed by atoms with E-state index in [1.54, 1.807) is 31.6 Å². The van der Waals surface area contributed by atoms with Crippen LogP contribution < -0.4 is 10.6 Å². The first kappa shape index (κ1) is 23.9. The third-order valence-electron chi connectivity index (χ3n) is 4.08. The molecule has 0 aliphatic rings. The fourth-order valence-electron chi connectivity index (χ4n) is 2.83. The van der Waals surface area contributed by atoms with E-state index in [2.05, 4.69) is 39.6 Å². The molecule has 28 heavy (non-hydrogen) atoms. The monoisotopic (exact) mass is 499 g/mol. The summed E-state index contributed by atoms with van der Waals surface area (Å²) in [6, 6.07) is 3.48. The summed E-state index contributed by atoms with van der Waals surface area (Å²) in [5, 5.41) is 10.7. The van der Waals surface area contributed by atoms with Crippen molar-refractivity contribution in [3.8, 4) is 0 Å². The third-order valence-corrected chi connectivity index (χ3v) is 4.08. The van der Waals surface area contributed by atoms with E-state index in [-0.39, 0.29) is 29.9 Å². The summed E-state index contributed by atoms with van der Waals surface area (Å²) in [4.78, 5) is 22.3. The van der Waals surface area contributed by atoms with E-state index in [0.717, 1.165) is 11.7 Å². The Kier molecular flexibility index (Phi) is 9.91. The first-order valence-corrected chi connectivity index (χ1v) is 9.04. The van der Waals surface area contributed by atoms with Gasteiger partial charge in [0, 0.05) is 64.9 Å². The number of guanidine groups is 1. The van der Waals surface area contributed by atoms with Gasteiger partial charge in [-0.3, -0.25) is 19.5 Å². The Labute approximate surface area is 183 Å². The quantitative estimate of drug-likeness (QED) is 0.264. The van der Waals surface area contributed by atoms with Crippen LogP contribution >= 0.6 is 24.0 Å². The Balaban J connectivity index is 0.00000392. The maximum Gasteiger partial charge on any atom is 0.252 e. The molecule has 2 aromatic rings. The van der Waals surface area contributed by atoms with Crippen molar-refractivity contribution in [2.45, 2.75) is 26.3 Å². The van der Waals surface area contributed by atoms with Crippen molar-refractivity contribution < 1.29 is 4.79 Å². The van der Waals surface area contributed by atoms with Crippen LogP contribution in [-0.2, 0) is 13.6 Å². The van der Waals surface area contributed by atoms with Gasteiger partial charge in [0.15, 0.2) is 5.96 Å². The zero-order chi connectivity index (χ0) is 19.8. The largest absolute Gasteiger partial charge is 0.354 e. The number of aliphatic imine (C=N–C) groups is 1. The normalized spacial score (nSPS) is 11.1. The number of hydrogen-bond acceptors (Lipinski definition) is 4. The highest BCUT2D eigenvalue weighted by Crippen LogP contribution is 2.18. The number of hydrogen-bond donors (Lipinski definition) is 2. The van der Waals surface area contributed by atoms with E-state index in [4.69, 9.17) is 0 Å². The maximum atomic E-state index is 12.0. The van der Waals surface area contributed by atoms with Crippen LogP contribution in [0, 0.1) is 0 Å². The van der Waals surface area contributed by atoms with Crippen LogP contribution in [0.15, 0.2) is 35.7 Å². The van der Waals surface area contributed by atoms with Gasteiger partial charge in [0.05, 0.1) is 11.3 Å². The molecule has 8 nitrogen and oxygen atoms in total. The predicted octanol–water partition coefficient (Wildman–Crippen LogP) is 1.99. The third kappa shape index (κ3) is 6.77. The number of halogens is 1. The Bertz CT molecular complexity index is 774. The average Bonchev–Trinajstić information content (AvgIpc) is 3.02. The molecule has 0 saturated carbocycles. The van der Waals surface area contributed by atoms with Crippen molar-refractivity contribution in [2.24, 2.45) is 12.0 Å². The lowest BCUT2D eigenvalue weighted by atomic mass is 10.1. The number of nitrogens with one attached hydrogen (secondary N) is 2. The van der Waals surface area contributed by atoms with Gasteiger partial charge >= 0.3 is 0 Å². The van der Waals surface area contributed by atoms with Gasteiger partial charge < -0.3 is 15.5 Å². The van der Waals surface area contributed by atoms with Crippen molar-refractivity contribution in [3.05, 3.63) is 47.5 Å². The number of aryl methyl sites for hydroxylation is 1. The van der Waals surface area contributed by atoms with Crippen molar-refractivity contribution in [2.75, 3.05) is 27.2 Å². The summed E-state index contributed by atoms with van der Waals surface area (Å²) in [7, 11) is 5.67. The smallest absolute Gasteiger partial charge is 0.252 e. The molecule has 9 heteroatoms. The molecule has 0 saturated heterocycles. The van der Waals surface area contributed by atoms with Gasteiger partial charge in [0.2, 0.25) is 0 Å². The first-order valence-electron chi connectivity index (χ1n) is 9.04. The van der Waals surface area contributed by atoms with E-state index in [0.29, 0.717) is 31.1 Å². The maximum absolute atomic E-state index is 12.0. The number of aromatic nitrogens is 3. The van der Waals surface area contributed by atoms with E-state index in [1.807, 2.05) is 29.9 Å². The van der Waals surface area contributed by atoms with Crippen LogP contribution in [-0.4, -0.2) is 58.7 Å². The molecule has 154 valence electrons. The molecule has 2 heterocycles. The molecule has 0 atom stereocenters. The minimum atomic E-state index is -0.134. The van der Waals surface area contributed by atoms with Crippen molar-refractivity contribution in [1.29, 1.82) is 0 Å². The molecule has 0 aliphatic heterocycles. The lowest BCUT2D eigenvalue weighted by Crippen LogP contribution is -2.42. The summed E-state index contributed by atoms with van der Waals surface area (Å²) in [5.74, 6) is 1.00. The zero-order valence-corrected chi connectivity index (χ0v) is 19.5. The standard InChI is InChI=1S/C19H29N7O.HI/c1-14(2)17-16(13-26(5)24-17)12-25(4)19(20-3)23-10-9-22-18(27)15-7-6-8-21-11-15;/h6-8,11,13-14H,9-10,12H2,1-5H3,(H,20,23)(H,22,27);1H. The molecule has 2 rings (SSSR count). The molecule has 0 aromatic carbocycles. The van der Waals surface area contributed by atoms with Gasteiger partial charge in [-0.15, -0.1) is 24.0 Å². The highest BCUT2D eigenvalue weighted by Gasteiger charge is 2.15. The Morgan fingerprint density at radius 1 is 1.32 bits per heavy atom. The molecule has 1 amide bonds. The topological polar surface area (TPSA) is 87.4 Å². The Morgan fingerprint density at radius 2 is 2.04 bits per heavy atom. The van der Waals surface area contributed by atoms with Crippen LogP contribution in [0.4, 0.5) is 0 Å². The number of carbonyl (C=O) groups is 1. The second-order valence-corrected chi connectivity index (χ2v) is 6.70. The van der Waals surface area contributed by atoms with E-state index < -0.39 is 0 Å². The first-order chi connectivity index (χ1) is 12.9. The minimum absolute atomic E-state index is 0. The summed E-state index contributed by atoms with van der Waals surface area (Å²) >= 11 is 0. The average molecular weight is 499 g/mol. The molecule has 2 aromatic heterocycles. The number of amides is 1. The second-order valence-electron chi connectivity index (χ2n) is 6.70. The molecule has 2 N–H and O–H groups in total. The number of nitrogens with zero attached hydrogens (tertiary/aromatic N) is 5. The SMILES string of the molecule is CN=C(NCCNC(=O)c1cccnc1)N(C)Cc1cn(C)nc1C(C)C.I.